The number of hydrogen-bond acceptors (Lipinski definition) is 0. The molecule has 0 aromatic rings. The largest absolute Gasteiger partial charge is 0.100 e. The maximum atomic E-state index is 3.56. The molecule has 0 aromatic carbocycles. The van der Waals surface area contributed by atoms with Crippen LogP contribution in [0.5, 0.6) is 0 Å². The molecule has 0 unspecified atom stereocenters. The molecule has 0 amide bonds. The molecule has 0 atom stereocenters. The minimum absolute atomic E-state index is 1.17. The van der Waals surface area contributed by atoms with Gasteiger partial charge in [-0.15, -0.1) is 13.2 Å². The Labute approximate surface area is 79.4 Å². The van der Waals surface area contributed by atoms with Gasteiger partial charge in [-0.05, 0) is 27.7 Å². The van der Waals surface area contributed by atoms with Crippen LogP contribution in [0.25, 0.3) is 0 Å². The van der Waals surface area contributed by atoms with Gasteiger partial charge in [-0.1, -0.05) is 37.8 Å². The quantitative estimate of drug-likeness (QED) is 0.487. The topological polar surface area (TPSA) is 0 Å². The van der Waals surface area contributed by atoms with E-state index in [1.807, 2.05) is 27.7 Å². The molecule has 0 aliphatic heterocycles. The molecule has 12 heavy (non-hydrogen) atoms. The standard InChI is InChI=1S/2C4H8.C4H10/c2*1-4(2)3;1-3-4-2/h2*1H2,2-3H3;3-4H2,1-2H3. The molecule has 0 fully saturated rings. The van der Waals surface area contributed by atoms with E-state index in [1.165, 1.54) is 24.0 Å². The summed E-state index contributed by atoms with van der Waals surface area (Å²) >= 11 is 0. The van der Waals surface area contributed by atoms with Crippen molar-refractivity contribution in [1.29, 1.82) is 0 Å². The Bertz CT molecular complexity index is 76.6. The Morgan fingerprint density at radius 3 is 0.833 bits per heavy atom. The van der Waals surface area contributed by atoms with Crippen LogP contribution >= 0.6 is 0 Å². The van der Waals surface area contributed by atoms with Crippen LogP contribution in [0.4, 0.5) is 0 Å². The summed E-state index contributed by atoms with van der Waals surface area (Å²) in [5, 5.41) is 0. The van der Waals surface area contributed by atoms with Crippen LogP contribution in [0, 0.1) is 0 Å². The van der Waals surface area contributed by atoms with Crippen LogP contribution in [0.3, 0.4) is 0 Å². The highest BCUT2D eigenvalue weighted by Gasteiger charge is 1.56. The maximum absolute atomic E-state index is 3.56. The molecule has 0 rings (SSSR count). The number of hydrogen-bond donors (Lipinski definition) is 0. The van der Waals surface area contributed by atoms with Crippen LogP contribution in [0.15, 0.2) is 24.3 Å². The van der Waals surface area contributed by atoms with Crippen molar-refractivity contribution in [3.8, 4) is 0 Å². The fourth-order valence-corrected chi connectivity index (χ4v) is 0. The van der Waals surface area contributed by atoms with Gasteiger partial charge in [0.15, 0.2) is 0 Å². The lowest BCUT2D eigenvalue weighted by Crippen LogP contribution is -1.47. The molecule has 0 bridgehead atoms. The Hall–Kier alpha value is -0.520. The van der Waals surface area contributed by atoms with E-state index in [1.54, 1.807) is 0 Å². The lowest BCUT2D eigenvalue weighted by molar-refractivity contribution is 0.886. The normalized spacial score (nSPS) is 6.83. The molecular weight excluding hydrogens is 144 g/mol. The van der Waals surface area contributed by atoms with Crippen molar-refractivity contribution >= 4 is 0 Å². The number of rotatable bonds is 1. The summed E-state index contributed by atoms with van der Waals surface area (Å²) in [7, 11) is 0. The van der Waals surface area contributed by atoms with Gasteiger partial charge in [0.1, 0.15) is 0 Å². The van der Waals surface area contributed by atoms with E-state index in [9.17, 15) is 0 Å². The molecule has 0 aromatic heterocycles. The Balaban J connectivity index is -0.000000101. The molecule has 0 heteroatoms. The molecule has 0 saturated carbocycles. The van der Waals surface area contributed by atoms with Crippen molar-refractivity contribution in [2.75, 3.05) is 0 Å². The molecule has 0 heterocycles. The molecule has 0 spiro atoms. The first-order valence-corrected chi connectivity index (χ1v) is 4.62. The van der Waals surface area contributed by atoms with Gasteiger partial charge in [-0.2, -0.15) is 0 Å². The van der Waals surface area contributed by atoms with Gasteiger partial charge in [0, 0.05) is 0 Å². The third kappa shape index (κ3) is 2960. The third-order valence-corrected chi connectivity index (χ3v) is 0.500. The van der Waals surface area contributed by atoms with Gasteiger partial charge in [-0.3, -0.25) is 0 Å². The number of unbranched alkanes of at least 4 members (excludes halogenated alkanes) is 1. The van der Waals surface area contributed by atoms with Crippen molar-refractivity contribution in [1.82, 2.24) is 0 Å². The van der Waals surface area contributed by atoms with Gasteiger partial charge < -0.3 is 0 Å². The predicted molar refractivity (Wildman–Crippen MR) is 61.6 cm³/mol. The molecule has 74 valence electrons. The van der Waals surface area contributed by atoms with Crippen molar-refractivity contribution in [3.05, 3.63) is 24.3 Å². The van der Waals surface area contributed by atoms with E-state index in [-0.39, 0.29) is 0 Å². The third-order valence-electron chi connectivity index (χ3n) is 0.500. The molecule has 0 aliphatic rings. The second-order valence-corrected chi connectivity index (χ2v) is 3.41. The molecule has 0 nitrogen and oxygen atoms in total. The van der Waals surface area contributed by atoms with Crippen molar-refractivity contribution in [3.63, 3.8) is 0 Å². The first-order chi connectivity index (χ1) is 5.38. The smallest absolute Gasteiger partial charge is 0.0445 e. The van der Waals surface area contributed by atoms with E-state index >= 15 is 0 Å². The van der Waals surface area contributed by atoms with Crippen LogP contribution in [-0.2, 0) is 0 Å². The zero-order chi connectivity index (χ0) is 10.6. The van der Waals surface area contributed by atoms with E-state index in [0.29, 0.717) is 0 Å². The van der Waals surface area contributed by atoms with E-state index in [4.69, 9.17) is 0 Å². The summed E-state index contributed by atoms with van der Waals surface area (Å²) in [6, 6.07) is 0. The Morgan fingerprint density at radius 2 is 0.833 bits per heavy atom. The van der Waals surface area contributed by atoms with Gasteiger partial charge in [0.05, 0.1) is 0 Å². The molecule has 0 aliphatic carbocycles. The summed E-state index contributed by atoms with van der Waals surface area (Å²) in [4.78, 5) is 0. The van der Waals surface area contributed by atoms with Crippen LogP contribution in [-0.4, -0.2) is 0 Å². The van der Waals surface area contributed by atoms with Gasteiger partial charge in [-0.25, -0.2) is 0 Å². The van der Waals surface area contributed by atoms with Crippen molar-refractivity contribution in [2.45, 2.75) is 54.4 Å². The van der Waals surface area contributed by atoms with Crippen molar-refractivity contribution in [2.24, 2.45) is 0 Å². The second-order valence-electron chi connectivity index (χ2n) is 3.41. The highest BCUT2D eigenvalue weighted by Crippen LogP contribution is 1.76. The summed E-state index contributed by atoms with van der Waals surface area (Å²) in [5.74, 6) is 0. The average molecular weight is 170 g/mol. The number of allylic oxidation sites excluding steroid dienone is 2. The van der Waals surface area contributed by atoms with Crippen LogP contribution in [0.2, 0.25) is 0 Å². The molecule has 0 N–H and O–H groups in total. The molecule has 0 saturated heterocycles. The minimum Gasteiger partial charge on any atom is -0.100 e. The highest BCUT2D eigenvalue weighted by molar-refractivity contribution is 4.79. The van der Waals surface area contributed by atoms with Crippen LogP contribution < -0.4 is 0 Å². The fraction of sp³-hybridized carbons (Fsp3) is 0.667. The maximum Gasteiger partial charge on any atom is -0.0445 e. The predicted octanol–water partition coefficient (Wildman–Crippen LogP) is 4.97. The first kappa shape index (κ1) is 17.5. The summed E-state index contributed by atoms with van der Waals surface area (Å²) in [6.07, 6.45) is 2.64. The minimum atomic E-state index is 1.17. The van der Waals surface area contributed by atoms with Crippen LogP contribution in [0.1, 0.15) is 54.4 Å². The average Bonchev–Trinajstić information content (AvgIpc) is 1.85. The zero-order valence-electron chi connectivity index (χ0n) is 9.83. The van der Waals surface area contributed by atoms with E-state index < -0.39 is 0 Å². The SMILES string of the molecule is C=C(C)C.C=C(C)C.CCCC. The molecule has 0 radical (unpaired) electrons. The fourth-order valence-electron chi connectivity index (χ4n) is 0. The Kier molecular flexibility index (Phi) is 24.6. The summed E-state index contributed by atoms with van der Waals surface area (Å²) in [6.45, 7) is 19.4. The van der Waals surface area contributed by atoms with Gasteiger partial charge in [0.25, 0.3) is 0 Å². The van der Waals surface area contributed by atoms with Gasteiger partial charge >= 0.3 is 0 Å². The van der Waals surface area contributed by atoms with Gasteiger partial charge in [0.2, 0.25) is 0 Å². The van der Waals surface area contributed by atoms with Crippen molar-refractivity contribution < 1.29 is 0 Å². The Morgan fingerprint density at radius 1 is 0.750 bits per heavy atom. The lowest BCUT2D eigenvalue weighted by Gasteiger charge is -1.68. The summed E-state index contributed by atoms with van der Waals surface area (Å²) in [5.41, 5.74) is 2.33. The first-order valence-electron chi connectivity index (χ1n) is 4.62. The second kappa shape index (κ2) is 16.8. The van der Waals surface area contributed by atoms with E-state index in [2.05, 4.69) is 27.0 Å². The van der Waals surface area contributed by atoms with E-state index in [0.717, 1.165) is 0 Å². The summed E-state index contributed by atoms with van der Waals surface area (Å²) < 4.78 is 0. The molecular formula is C12H26. The zero-order valence-corrected chi connectivity index (χ0v) is 9.83. The monoisotopic (exact) mass is 170 g/mol. The highest BCUT2D eigenvalue weighted by atomic mass is 13.6. The lowest BCUT2D eigenvalue weighted by atomic mass is 10.4.